The summed E-state index contributed by atoms with van der Waals surface area (Å²) in [4.78, 5) is 19.6. The fourth-order valence-electron chi connectivity index (χ4n) is 5.51. The summed E-state index contributed by atoms with van der Waals surface area (Å²) >= 11 is 0. The molecule has 5 nitrogen and oxygen atoms in total. The average Bonchev–Trinajstić information content (AvgIpc) is 2.92. The van der Waals surface area contributed by atoms with Gasteiger partial charge in [-0.05, 0) is 81.1 Å². The van der Waals surface area contributed by atoms with Gasteiger partial charge in [0.1, 0.15) is 0 Å². The largest absolute Gasteiger partial charge is 0.416 e. The molecule has 1 atom stereocenters. The molecule has 242 valence electrons. The van der Waals surface area contributed by atoms with E-state index in [9.17, 15) is 31.1 Å². The van der Waals surface area contributed by atoms with E-state index in [0.717, 1.165) is 68.9 Å². The molecule has 0 aromatic heterocycles. The van der Waals surface area contributed by atoms with Crippen LogP contribution in [0.5, 0.6) is 0 Å². The maximum Gasteiger partial charge on any atom is 0.416 e. The number of piperazine rings is 1. The predicted octanol–water partition coefficient (Wildman–Crippen LogP) is 6.67. The van der Waals surface area contributed by atoms with E-state index in [4.69, 9.17) is 4.74 Å². The SMILES string of the molecule is Cc1ccc(C[C@@H]2CN(CCCCN3CCOCC3)CCN2C(=O)c2cc(C(F)(F)F)cc(C(F)(F)F)c2)cc1C.Cl.Cl. The number of ether oxygens (including phenoxy) is 1. The molecule has 2 aromatic carbocycles. The molecule has 0 spiro atoms. The zero-order valence-electron chi connectivity index (χ0n) is 24.3. The molecule has 1 amide bonds. The van der Waals surface area contributed by atoms with Crippen molar-refractivity contribution in [2.45, 2.75) is 51.5 Å². The maximum absolute atomic E-state index is 13.6. The number of unbranched alkanes of at least 4 members (excludes halogenated alkanes) is 1. The Hall–Kier alpha value is -2.05. The highest BCUT2D eigenvalue weighted by Gasteiger charge is 2.39. The first-order chi connectivity index (χ1) is 19.3. The van der Waals surface area contributed by atoms with E-state index in [-0.39, 0.29) is 37.4 Å². The van der Waals surface area contributed by atoms with Gasteiger partial charge < -0.3 is 9.64 Å². The fraction of sp³-hybridized carbons (Fsp3) is 0.567. The number of alkyl halides is 6. The van der Waals surface area contributed by atoms with Gasteiger partial charge in [-0.15, -0.1) is 24.8 Å². The third-order valence-corrected chi connectivity index (χ3v) is 8.01. The number of aryl methyl sites for hydroxylation is 2. The van der Waals surface area contributed by atoms with Crippen LogP contribution in [0, 0.1) is 13.8 Å². The summed E-state index contributed by atoms with van der Waals surface area (Å²) in [6.07, 6.45) is -7.64. The molecule has 0 bridgehead atoms. The van der Waals surface area contributed by atoms with Crippen LogP contribution in [-0.4, -0.2) is 85.7 Å². The summed E-state index contributed by atoms with van der Waals surface area (Å²) in [5, 5.41) is 0. The van der Waals surface area contributed by atoms with Crippen molar-refractivity contribution in [3.05, 3.63) is 69.8 Å². The molecule has 0 unspecified atom stereocenters. The van der Waals surface area contributed by atoms with Gasteiger partial charge in [-0.1, -0.05) is 18.2 Å². The normalized spacial score (nSPS) is 18.6. The van der Waals surface area contributed by atoms with Gasteiger partial charge in [-0.2, -0.15) is 26.3 Å². The van der Waals surface area contributed by atoms with Crippen LogP contribution < -0.4 is 0 Å². The zero-order valence-corrected chi connectivity index (χ0v) is 25.9. The highest BCUT2D eigenvalue weighted by molar-refractivity contribution is 5.95. The third-order valence-electron chi connectivity index (χ3n) is 8.01. The number of halogens is 8. The molecule has 2 aliphatic heterocycles. The van der Waals surface area contributed by atoms with Crippen molar-refractivity contribution < 1.29 is 35.9 Å². The molecule has 0 radical (unpaired) electrons. The number of nitrogens with zero attached hydrogens (tertiary/aromatic N) is 3. The van der Waals surface area contributed by atoms with Crippen LogP contribution in [0.15, 0.2) is 36.4 Å². The molecule has 13 heteroatoms. The molecule has 0 N–H and O–H groups in total. The maximum atomic E-state index is 13.6. The lowest BCUT2D eigenvalue weighted by molar-refractivity contribution is -0.143. The Bertz CT molecular complexity index is 1170. The van der Waals surface area contributed by atoms with Crippen LogP contribution in [0.25, 0.3) is 0 Å². The van der Waals surface area contributed by atoms with Gasteiger partial charge in [0.15, 0.2) is 0 Å². The molecule has 0 aliphatic carbocycles. The third kappa shape index (κ3) is 10.2. The van der Waals surface area contributed by atoms with E-state index in [0.29, 0.717) is 31.6 Å². The summed E-state index contributed by atoms with van der Waals surface area (Å²) in [5.41, 5.74) is -0.429. The molecule has 0 saturated carbocycles. The number of carbonyl (C=O) groups is 1. The van der Waals surface area contributed by atoms with Gasteiger partial charge in [0.2, 0.25) is 0 Å². The van der Waals surface area contributed by atoms with Crippen molar-refractivity contribution in [2.24, 2.45) is 0 Å². The van der Waals surface area contributed by atoms with Crippen LogP contribution in [0.3, 0.4) is 0 Å². The van der Waals surface area contributed by atoms with E-state index in [1.54, 1.807) is 0 Å². The van der Waals surface area contributed by atoms with Crippen LogP contribution in [0.2, 0.25) is 0 Å². The number of hydrogen-bond acceptors (Lipinski definition) is 4. The average molecular weight is 659 g/mol. The van der Waals surface area contributed by atoms with Gasteiger partial charge >= 0.3 is 12.4 Å². The number of carbonyl (C=O) groups excluding carboxylic acids is 1. The Balaban J connectivity index is 0.00000323. The number of hydrogen-bond donors (Lipinski definition) is 0. The topological polar surface area (TPSA) is 36.0 Å². The van der Waals surface area contributed by atoms with Crippen molar-refractivity contribution in [3.63, 3.8) is 0 Å². The first-order valence-corrected chi connectivity index (χ1v) is 14.0. The highest BCUT2D eigenvalue weighted by Crippen LogP contribution is 2.37. The van der Waals surface area contributed by atoms with Gasteiger partial charge in [0.25, 0.3) is 5.91 Å². The quantitative estimate of drug-likeness (QED) is 0.235. The second kappa shape index (κ2) is 15.8. The van der Waals surface area contributed by atoms with Crippen molar-refractivity contribution in [3.8, 4) is 0 Å². The Morgan fingerprint density at radius 3 is 1.93 bits per heavy atom. The summed E-state index contributed by atoms with van der Waals surface area (Å²) in [5.74, 6) is -0.817. The second-order valence-electron chi connectivity index (χ2n) is 11.0. The number of benzene rings is 2. The van der Waals surface area contributed by atoms with Gasteiger partial charge in [0, 0.05) is 44.3 Å². The minimum absolute atomic E-state index is 0. The fourth-order valence-corrected chi connectivity index (χ4v) is 5.51. The minimum atomic E-state index is -5.02. The Morgan fingerprint density at radius 1 is 0.791 bits per heavy atom. The van der Waals surface area contributed by atoms with Crippen molar-refractivity contribution in [2.75, 3.05) is 59.0 Å². The van der Waals surface area contributed by atoms with Crippen LogP contribution >= 0.6 is 24.8 Å². The minimum Gasteiger partial charge on any atom is -0.379 e. The Labute approximate surface area is 261 Å². The van der Waals surface area contributed by atoms with E-state index >= 15 is 0 Å². The van der Waals surface area contributed by atoms with Gasteiger partial charge in [-0.25, -0.2) is 0 Å². The first kappa shape index (κ1) is 37.1. The number of rotatable bonds is 8. The van der Waals surface area contributed by atoms with Crippen molar-refractivity contribution in [1.82, 2.24) is 14.7 Å². The van der Waals surface area contributed by atoms with Crippen LogP contribution in [-0.2, 0) is 23.5 Å². The molecule has 4 rings (SSSR count). The smallest absolute Gasteiger partial charge is 0.379 e. The van der Waals surface area contributed by atoms with Crippen LogP contribution in [0.1, 0.15) is 51.0 Å². The van der Waals surface area contributed by atoms with E-state index < -0.39 is 41.0 Å². The lowest BCUT2D eigenvalue weighted by atomic mass is 9.97. The molecule has 2 aliphatic rings. The van der Waals surface area contributed by atoms with Gasteiger partial charge in [-0.3, -0.25) is 14.6 Å². The zero-order chi connectivity index (χ0) is 29.8. The predicted molar refractivity (Wildman–Crippen MR) is 158 cm³/mol. The van der Waals surface area contributed by atoms with Crippen molar-refractivity contribution in [1.29, 1.82) is 0 Å². The van der Waals surface area contributed by atoms with Crippen LogP contribution in [0.4, 0.5) is 26.3 Å². The molecule has 2 fully saturated rings. The standard InChI is InChI=1S/C30H37F6N3O2.2ClH/c1-21-5-6-23(15-22(21)2)16-27-20-38(8-4-3-7-37-11-13-41-14-12-37)9-10-39(27)28(40)24-17-25(29(31,32)33)19-26(18-24)30(34,35)36;;/h5-6,15,17-19,27H,3-4,7-14,16,20H2,1-2H3;2*1H/t27-;;/m1../s1. The summed E-state index contributed by atoms with van der Waals surface area (Å²) in [7, 11) is 0. The molecule has 43 heavy (non-hydrogen) atoms. The summed E-state index contributed by atoms with van der Waals surface area (Å²) < 4.78 is 86.3. The lowest BCUT2D eigenvalue weighted by Gasteiger charge is -2.42. The Kier molecular flexibility index (Phi) is 13.6. The highest BCUT2D eigenvalue weighted by atomic mass is 35.5. The second-order valence-corrected chi connectivity index (χ2v) is 11.0. The van der Waals surface area contributed by atoms with E-state index in [2.05, 4.69) is 9.80 Å². The molecule has 2 heterocycles. The number of morpholine rings is 1. The number of amides is 1. The first-order valence-electron chi connectivity index (χ1n) is 14.0. The molecular weight excluding hydrogens is 619 g/mol. The Morgan fingerprint density at radius 2 is 1.37 bits per heavy atom. The molecule has 2 saturated heterocycles. The lowest BCUT2D eigenvalue weighted by Crippen LogP contribution is -2.56. The van der Waals surface area contributed by atoms with Crippen molar-refractivity contribution >= 4 is 30.7 Å². The van der Waals surface area contributed by atoms with Gasteiger partial charge in [0.05, 0.1) is 24.3 Å². The monoisotopic (exact) mass is 657 g/mol. The van der Waals surface area contributed by atoms with E-state index in [1.165, 1.54) is 4.90 Å². The van der Waals surface area contributed by atoms with E-state index in [1.807, 2.05) is 32.0 Å². The molecular formula is C30H39Cl2F6N3O2. The summed E-state index contributed by atoms with van der Waals surface area (Å²) in [6.45, 7) is 10.3. The molecule has 2 aromatic rings. The summed E-state index contributed by atoms with van der Waals surface area (Å²) in [6, 6.07) is 6.67.